The summed E-state index contributed by atoms with van der Waals surface area (Å²) >= 11 is 0. The number of ether oxygens (including phenoxy) is 1. The number of aryl methyl sites for hydroxylation is 1. The predicted octanol–water partition coefficient (Wildman–Crippen LogP) is 2.58. The Morgan fingerprint density at radius 2 is 1.68 bits per heavy atom. The molecule has 28 heavy (non-hydrogen) atoms. The summed E-state index contributed by atoms with van der Waals surface area (Å²) in [5, 5.41) is 9.08. The molecule has 0 aliphatic heterocycles. The summed E-state index contributed by atoms with van der Waals surface area (Å²) < 4.78 is 7.69. The van der Waals surface area contributed by atoms with Crippen LogP contribution in [0.5, 0.6) is 11.5 Å². The second kappa shape index (κ2) is 8.18. The van der Waals surface area contributed by atoms with Crippen molar-refractivity contribution in [3.05, 3.63) is 92.8 Å². The number of aromatic nitrogens is 2. The first-order valence-corrected chi connectivity index (χ1v) is 8.64. The normalized spacial score (nSPS) is 10.3. The minimum absolute atomic E-state index is 0.180. The fourth-order valence-electron chi connectivity index (χ4n) is 2.66. The van der Waals surface area contributed by atoms with Crippen molar-refractivity contribution in [2.75, 3.05) is 0 Å². The van der Waals surface area contributed by atoms with Gasteiger partial charge in [-0.05, 0) is 43.3 Å². The van der Waals surface area contributed by atoms with Crippen LogP contribution in [0.2, 0.25) is 0 Å². The zero-order chi connectivity index (χ0) is 20.1. The Morgan fingerprint density at radius 1 is 1.04 bits per heavy atom. The lowest BCUT2D eigenvalue weighted by Crippen LogP contribution is -2.42. The summed E-state index contributed by atoms with van der Waals surface area (Å²) in [7, 11) is 0. The van der Waals surface area contributed by atoms with Gasteiger partial charge >= 0.3 is 5.69 Å². The average Bonchev–Trinajstić information content (AvgIpc) is 2.72. The highest BCUT2D eigenvalue weighted by atomic mass is 16.5. The van der Waals surface area contributed by atoms with Gasteiger partial charge in [0, 0.05) is 18.3 Å². The summed E-state index contributed by atoms with van der Waals surface area (Å²) in [6, 6.07) is 17.4. The van der Waals surface area contributed by atoms with Gasteiger partial charge in [-0.15, -0.1) is 0 Å². The van der Waals surface area contributed by atoms with E-state index in [-0.39, 0.29) is 12.1 Å². The maximum absolute atomic E-state index is 12.6. The molecule has 0 saturated carbocycles. The molecule has 0 spiro atoms. The smallest absolute Gasteiger partial charge is 0.331 e. The van der Waals surface area contributed by atoms with Gasteiger partial charge in [-0.1, -0.05) is 18.2 Å². The summed E-state index contributed by atoms with van der Waals surface area (Å²) in [5.41, 5.74) is -1.24. The number of rotatable bonds is 6. The number of ketones is 1. The molecule has 3 aromatic rings. The van der Waals surface area contributed by atoms with Gasteiger partial charge in [0.25, 0.3) is 5.56 Å². The van der Waals surface area contributed by atoms with Crippen LogP contribution in [0.1, 0.15) is 22.8 Å². The molecule has 7 nitrogen and oxygen atoms in total. The molecular formula is C21H17N3O4. The first-order valence-electron chi connectivity index (χ1n) is 8.64. The molecule has 1 aromatic heterocycles. The highest BCUT2D eigenvalue weighted by Crippen LogP contribution is 2.21. The van der Waals surface area contributed by atoms with Crippen LogP contribution < -0.4 is 16.0 Å². The average molecular weight is 375 g/mol. The lowest BCUT2D eigenvalue weighted by Gasteiger charge is -2.09. The SMILES string of the molecule is CCn1cc(C#N)c(=O)n(CC(=O)c2ccc(Oc3ccccc3)cc2)c1=O. The van der Waals surface area contributed by atoms with E-state index in [2.05, 4.69) is 0 Å². The number of carbonyl (C=O) groups excluding carboxylic acids is 1. The number of nitrogens with zero attached hydrogens (tertiary/aromatic N) is 3. The lowest BCUT2D eigenvalue weighted by molar-refractivity contribution is 0.0968. The first kappa shape index (κ1) is 18.9. The topological polar surface area (TPSA) is 94.1 Å². The minimum atomic E-state index is -0.769. The first-order chi connectivity index (χ1) is 13.5. The number of carbonyl (C=O) groups is 1. The Bertz CT molecular complexity index is 1150. The molecule has 0 fully saturated rings. The van der Waals surface area contributed by atoms with Crippen molar-refractivity contribution in [1.82, 2.24) is 9.13 Å². The number of benzene rings is 2. The predicted molar refractivity (Wildman–Crippen MR) is 103 cm³/mol. The second-order valence-corrected chi connectivity index (χ2v) is 5.98. The summed E-state index contributed by atoms with van der Waals surface area (Å²) in [6.07, 6.45) is 1.21. The van der Waals surface area contributed by atoms with Crippen LogP contribution >= 0.6 is 0 Å². The van der Waals surface area contributed by atoms with Gasteiger partial charge < -0.3 is 4.74 Å². The van der Waals surface area contributed by atoms with Crippen molar-refractivity contribution in [2.45, 2.75) is 20.0 Å². The maximum atomic E-state index is 12.6. The van der Waals surface area contributed by atoms with E-state index in [0.29, 0.717) is 17.1 Å². The molecule has 140 valence electrons. The molecule has 0 amide bonds. The van der Waals surface area contributed by atoms with Gasteiger partial charge in [0.05, 0.1) is 6.54 Å². The Labute approximate surface area is 160 Å². The van der Waals surface area contributed by atoms with E-state index in [9.17, 15) is 14.4 Å². The van der Waals surface area contributed by atoms with Gasteiger partial charge in [-0.25, -0.2) is 4.79 Å². The van der Waals surface area contributed by atoms with E-state index in [1.54, 1.807) is 37.3 Å². The molecule has 0 N–H and O–H groups in total. The van der Waals surface area contributed by atoms with E-state index in [1.165, 1.54) is 10.8 Å². The van der Waals surface area contributed by atoms with Crippen molar-refractivity contribution in [2.24, 2.45) is 0 Å². The van der Waals surface area contributed by atoms with Crippen molar-refractivity contribution in [3.63, 3.8) is 0 Å². The molecule has 0 bridgehead atoms. The van der Waals surface area contributed by atoms with Crippen molar-refractivity contribution in [3.8, 4) is 17.6 Å². The molecule has 0 unspecified atom stereocenters. The van der Waals surface area contributed by atoms with E-state index >= 15 is 0 Å². The van der Waals surface area contributed by atoms with Crippen molar-refractivity contribution in [1.29, 1.82) is 5.26 Å². The zero-order valence-electron chi connectivity index (χ0n) is 15.2. The second-order valence-electron chi connectivity index (χ2n) is 5.98. The lowest BCUT2D eigenvalue weighted by atomic mass is 10.1. The fourth-order valence-corrected chi connectivity index (χ4v) is 2.66. The highest BCUT2D eigenvalue weighted by molar-refractivity contribution is 5.96. The molecule has 0 aliphatic carbocycles. The van der Waals surface area contributed by atoms with Gasteiger partial charge in [-0.3, -0.25) is 18.7 Å². The van der Waals surface area contributed by atoms with Crippen LogP contribution in [0.15, 0.2) is 70.4 Å². The van der Waals surface area contributed by atoms with E-state index < -0.39 is 23.6 Å². The van der Waals surface area contributed by atoms with Crippen LogP contribution in [-0.4, -0.2) is 14.9 Å². The number of Topliss-reactive ketones (excluding diaryl/α,β-unsaturated/α-hetero) is 1. The van der Waals surface area contributed by atoms with Gasteiger partial charge in [-0.2, -0.15) is 5.26 Å². The van der Waals surface area contributed by atoms with E-state index in [4.69, 9.17) is 10.00 Å². The Kier molecular flexibility index (Phi) is 5.51. The minimum Gasteiger partial charge on any atom is -0.457 e. The number of para-hydroxylation sites is 1. The molecule has 0 aliphatic rings. The third kappa shape index (κ3) is 3.91. The van der Waals surface area contributed by atoms with Crippen LogP contribution in [0.3, 0.4) is 0 Å². The summed E-state index contributed by atoms with van der Waals surface area (Å²) in [4.78, 5) is 37.2. The number of hydrogen-bond donors (Lipinski definition) is 0. The van der Waals surface area contributed by atoms with Crippen LogP contribution in [0, 0.1) is 11.3 Å². The van der Waals surface area contributed by atoms with Crippen molar-refractivity contribution >= 4 is 5.78 Å². The zero-order valence-corrected chi connectivity index (χ0v) is 15.2. The third-order valence-electron chi connectivity index (χ3n) is 4.16. The maximum Gasteiger partial charge on any atom is 0.331 e. The third-order valence-corrected chi connectivity index (χ3v) is 4.16. The number of nitriles is 1. The Hall–Kier alpha value is -3.92. The van der Waals surface area contributed by atoms with Crippen LogP contribution in [0.4, 0.5) is 0 Å². The monoisotopic (exact) mass is 375 g/mol. The van der Waals surface area contributed by atoms with Gasteiger partial charge in [0.15, 0.2) is 5.78 Å². The standard InChI is InChI=1S/C21H17N3O4/c1-2-23-13-16(12-22)20(26)24(21(23)27)14-19(25)15-8-10-18(11-9-15)28-17-6-4-3-5-7-17/h3-11,13H,2,14H2,1H3. The van der Waals surface area contributed by atoms with Crippen LogP contribution in [-0.2, 0) is 13.1 Å². The van der Waals surface area contributed by atoms with Gasteiger partial charge in [0.2, 0.25) is 0 Å². The molecule has 0 radical (unpaired) electrons. The Balaban J connectivity index is 1.83. The Morgan fingerprint density at radius 3 is 2.29 bits per heavy atom. The highest BCUT2D eigenvalue weighted by Gasteiger charge is 2.15. The molecule has 3 rings (SSSR count). The number of hydrogen-bond acceptors (Lipinski definition) is 5. The largest absolute Gasteiger partial charge is 0.457 e. The van der Waals surface area contributed by atoms with E-state index in [1.807, 2.05) is 30.3 Å². The molecule has 1 heterocycles. The molecule has 2 aromatic carbocycles. The molecule has 7 heteroatoms. The van der Waals surface area contributed by atoms with Crippen molar-refractivity contribution < 1.29 is 9.53 Å². The van der Waals surface area contributed by atoms with Gasteiger partial charge in [0.1, 0.15) is 23.1 Å². The summed E-state index contributed by atoms with van der Waals surface area (Å²) in [6.45, 7) is 1.56. The van der Waals surface area contributed by atoms with Crippen LogP contribution in [0.25, 0.3) is 0 Å². The summed E-state index contributed by atoms with van der Waals surface area (Å²) in [5.74, 6) is 0.810. The molecular weight excluding hydrogens is 358 g/mol. The van der Waals surface area contributed by atoms with E-state index in [0.717, 1.165) is 4.57 Å². The molecule has 0 atom stereocenters. The molecule has 0 saturated heterocycles. The quantitative estimate of drug-likeness (QED) is 0.617. The fraction of sp³-hybridized carbons (Fsp3) is 0.143.